The summed E-state index contributed by atoms with van der Waals surface area (Å²) >= 11 is 0. The molecule has 0 amide bonds. The van der Waals surface area contributed by atoms with Gasteiger partial charge in [0.15, 0.2) is 0 Å². The van der Waals surface area contributed by atoms with Crippen LogP contribution in [0.1, 0.15) is 27.7 Å². The SMILES string of the molecule is CC(C)NC(C)C.c1ccc2n[nH]nc2c1. The van der Waals surface area contributed by atoms with Gasteiger partial charge < -0.3 is 5.32 Å². The van der Waals surface area contributed by atoms with E-state index in [1.807, 2.05) is 24.3 Å². The molecule has 0 aliphatic heterocycles. The number of hydrogen-bond acceptors (Lipinski definition) is 3. The number of nitrogens with one attached hydrogen (secondary N) is 2. The van der Waals surface area contributed by atoms with Crippen molar-refractivity contribution in [3.63, 3.8) is 0 Å². The summed E-state index contributed by atoms with van der Waals surface area (Å²) in [5, 5.41) is 13.6. The summed E-state index contributed by atoms with van der Waals surface area (Å²) in [7, 11) is 0. The standard InChI is InChI=1S/C6H5N3.C6H15N/c1-2-4-6-5(3-1)7-9-8-6;1-5(2)7-6(3)4/h1-4H,(H,7,8,9);5-7H,1-4H3. The molecule has 16 heavy (non-hydrogen) atoms. The third kappa shape index (κ3) is 4.40. The Morgan fingerprint density at radius 2 is 1.38 bits per heavy atom. The highest BCUT2D eigenvalue weighted by atomic mass is 15.3. The summed E-state index contributed by atoms with van der Waals surface area (Å²) in [6.45, 7) is 8.61. The number of hydrogen-bond donors (Lipinski definition) is 2. The molecule has 0 radical (unpaired) electrons. The van der Waals surface area contributed by atoms with Crippen LogP contribution in [0.15, 0.2) is 24.3 Å². The van der Waals surface area contributed by atoms with E-state index in [1.54, 1.807) is 0 Å². The van der Waals surface area contributed by atoms with Crippen LogP contribution < -0.4 is 5.32 Å². The van der Waals surface area contributed by atoms with Gasteiger partial charge in [0.2, 0.25) is 0 Å². The van der Waals surface area contributed by atoms with E-state index < -0.39 is 0 Å². The zero-order valence-electron chi connectivity index (χ0n) is 10.4. The smallest absolute Gasteiger partial charge is 0.112 e. The fourth-order valence-corrected chi connectivity index (χ4v) is 1.45. The largest absolute Gasteiger partial charge is 0.312 e. The Morgan fingerprint density at radius 1 is 0.938 bits per heavy atom. The number of aromatic nitrogens is 3. The predicted molar refractivity (Wildman–Crippen MR) is 67.3 cm³/mol. The van der Waals surface area contributed by atoms with Crippen LogP contribution in [0.3, 0.4) is 0 Å². The topological polar surface area (TPSA) is 53.6 Å². The maximum Gasteiger partial charge on any atom is 0.112 e. The van der Waals surface area contributed by atoms with Gasteiger partial charge in [-0.1, -0.05) is 39.8 Å². The van der Waals surface area contributed by atoms with Crippen molar-refractivity contribution < 1.29 is 0 Å². The number of fused-ring (bicyclic) bond motifs is 1. The third-order valence-electron chi connectivity index (χ3n) is 1.89. The van der Waals surface area contributed by atoms with E-state index in [1.165, 1.54) is 0 Å². The zero-order valence-corrected chi connectivity index (χ0v) is 10.4. The van der Waals surface area contributed by atoms with E-state index in [0.717, 1.165) is 11.0 Å². The van der Waals surface area contributed by atoms with Gasteiger partial charge in [-0.2, -0.15) is 15.4 Å². The monoisotopic (exact) mass is 220 g/mol. The maximum absolute atomic E-state index is 3.88. The second kappa shape index (κ2) is 6.23. The molecule has 2 N–H and O–H groups in total. The molecule has 0 saturated carbocycles. The van der Waals surface area contributed by atoms with Gasteiger partial charge in [0.25, 0.3) is 0 Å². The van der Waals surface area contributed by atoms with Gasteiger partial charge in [-0.15, -0.1) is 0 Å². The molecule has 88 valence electrons. The lowest BCUT2D eigenvalue weighted by Crippen LogP contribution is -2.29. The van der Waals surface area contributed by atoms with E-state index in [0.29, 0.717) is 12.1 Å². The lowest BCUT2D eigenvalue weighted by Gasteiger charge is -2.10. The van der Waals surface area contributed by atoms with Crippen molar-refractivity contribution >= 4 is 11.0 Å². The van der Waals surface area contributed by atoms with Crippen LogP contribution in [0.5, 0.6) is 0 Å². The minimum absolute atomic E-state index is 0.625. The second-order valence-corrected chi connectivity index (χ2v) is 4.29. The van der Waals surface area contributed by atoms with Gasteiger partial charge in [-0.05, 0) is 12.1 Å². The average molecular weight is 220 g/mol. The third-order valence-corrected chi connectivity index (χ3v) is 1.89. The number of rotatable bonds is 2. The first-order chi connectivity index (χ1) is 7.59. The molecule has 0 spiro atoms. The number of nitrogens with zero attached hydrogens (tertiary/aromatic N) is 2. The lowest BCUT2D eigenvalue weighted by atomic mass is 10.3. The highest BCUT2D eigenvalue weighted by Crippen LogP contribution is 2.03. The first kappa shape index (κ1) is 12.6. The van der Waals surface area contributed by atoms with Crippen molar-refractivity contribution in [3.8, 4) is 0 Å². The van der Waals surface area contributed by atoms with Gasteiger partial charge in [0.05, 0.1) is 0 Å². The van der Waals surface area contributed by atoms with Crippen molar-refractivity contribution in [2.24, 2.45) is 0 Å². The minimum Gasteiger partial charge on any atom is -0.312 e. The quantitative estimate of drug-likeness (QED) is 0.816. The molecule has 0 aliphatic carbocycles. The summed E-state index contributed by atoms with van der Waals surface area (Å²) < 4.78 is 0. The van der Waals surface area contributed by atoms with E-state index in [4.69, 9.17) is 0 Å². The summed E-state index contributed by atoms with van der Waals surface area (Å²) in [6.07, 6.45) is 0. The Morgan fingerprint density at radius 3 is 1.69 bits per heavy atom. The van der Waals surface area contributed by atoms with Crippen LogP contribution in [0.2, 0.25) is 0 Å². The molecule has 0 bridgehead atoms. The Labute approximate surface area is 96.4 Å². The fraction of sp³-hybridized carbons (Fsp3) is 0.500. The van der Waals surface area contributed by atoms with Gasteiger partial charge in [-0.25, -0.2) is 0 Å². The van der Waals surface area contributed by atoms with Crippen LogP contribution in [-0.4, -0.2) is 27.5 Å². The van der Waals surface area contributed by atoms with Crippen LogP contribution in [0, 0.1) is 0 Å². The maximum atomic E-state index is 3.88. The van der Waals surface area contributed by atoms with Crippen molar-refractivity contribution in [2.45, 2.75) is 39.8 Å². The molecular formula is C12H20N4. The van der Waals surface area contributed by atoms with Crippen LogP contribution in [-0.2, 0) is 0 Å². The predicted octanol–water partition coefficient (Wildman–Crippen LogP) is 2.35. The summed E-state index contributed by atoms with van der Waals surface area (Å²) in [5.74, 6) is 0. The number of aromatic amines is 1. The van der Waals surface area contributed by atoms with E-state index >= 15 is 0 Å². The van der Waals surface area contributed by atoms with Crippen LogP contribution in [0.4, 0.5) is 0 Å². The summed E-state index contributed by atoms with van der Waals surface area (Å²) in [5.41, 5.74) is 1.83. The number of para-hydroxylation sites is 2. The highest BCUT2D eigenvalue weighted by Gasteiger charge is 1.92. The molecule has 1 heterocycles. The molecule has 1 aromatic heterocycles. The van der Waals surface area contributed by atoms with Crippen LogP contribution >= 0.6 is 0 Å². The van der Waals surface area contributed by atoms with Crippen molar-refractivity contribution in [3.05, 3.63) is 24.3 Å². The number of benzene rings is 1. The van der Waals surface area contributed by atoms with Gasteiger partial charge >= 0.3 is 0 Å². The molecule has 4 nitrogen and oxygen atoms in total. The summed E-state index contributed by atoms with van der Waals surface area (Å²) in [4.78, 5) is 0. The highest BCUT2D eigenvalue weighted by molar-refractivity contribution is 5.72. The van der Waals surface area contributed by atoms with Crippen molar-refractivity contribution in [2.75, 3.05) is 0 Å². The molecule has 2 rings (SSSR count). The molecule has 4 heteroatoms. The first-order valence-electron chi connectivity index (χ1n) is 5.61. The lowest BCUT2D eigenvalue weighted by molar-refractivity contribution is 0.518. The van der Waals surface area contributed by atoms with E-state index in [2.05, 4.69) is 48.4 Å². The molecule has 0 fully saturated rings. The second-order valence-electron chi connectivity index (χ2n) is 4.29. The minimum atomic E-state index is 0.625. The Kier molecular flexibility index (Phi) is 4.92. The van der Waals surface area contributed by atoms with E-state index in [9.17, 15) is 0 Å². The van der Waals surface area contributed by atoms with Gasteiger partial charge in [0, 0.05) is 12.1 Å². The molecule has 0 saturated heterocycles. The Hall–Kier alpha value is -1.42. The van der Waals surface area contributed by atoms with Crippen molar-refractivity contribution in [1.82, 2.24) is 20.7 Å². The molecule has 0 unspecified atom stereocenters. The Bertz CT molecular complexity index is 370. The fourth-order valence-electron chi connectivity index (χ4n) is 1.45. The molecule has 2 aromatic rings. The number of H-pyrrole nitrogens is 1. The average Bonchev–Trinajstić information content (AvgIpc) is 2.63. The van der Waals surface area contributed by atoms with Crippen molar-refractivity contribution in [1.29, 1.82) is 0 Å². The van der Waals surface area contributed by atoms with Gasteiger partial charge in [0.1, 0.15) is 11.0 Å². The van der Waals surface area contributed by atoms with Crippen LogP contribution in [0.25, 0.3) is 11.0 Å². The Balaban J connectivity index is 0.000000168. The molecule has 0 aliphatic rings. The normalized spacial score (nSPS) is 10.6. The molecule has 1 aromatic carbocycles. The van der Waals surface area contributed by atoms with E-state index in [-0.39, 0.29) is 0 Å². The zero-order chi connectivity index (χ0) is 12.0. The molecular weight excluding hydrogens is 200 g/mol. The summed E-state index contributed by atoms with van der Waals surface area (Å²) in [6, 6.07) is 8.95. The molecule has 0 atom stereocenters. The van der Waals surface area contributed by atoms with Gasteiger partial charge in [-0.3, -0.25) is 0 Å². The first-order valence-corrected chi connectivity index (χ1v) is 5.61.